The number of hydrogen-bond acceptors (Lipinski definition) is 3. The Kier molecular flexibility index (Phi) is 6.95. The molecule has 2 N–H and O–H groups in total. The Morgan fingerprint density at radius 2 is 1.11 bits per heavy atom. The third-order valence-corrected chi connectivity index (χ3v) is 4.83. The Hall–Kier alpha value is -2.95. The van der Waals surface area contributed by atoms with Gasteiger partial charge in [0.15, 0.2) is 6.10 Å². The van der Waals surface area contributed by atoms with Crippen molar-refractivity contribution in [1.82, 2.24) is 4.90 Å². The molecule has 2 atom stereocenters. The molecule has 3 aromatic carbocycles. The molecule has 0 spiro atoms. The molecular weight excluding hydrogens is 350 g/mol. The molecule has 0 aromatic heterocycles. The molecule has 0 aliphatic rings. The lowest BCUT2D eigenvalue weighted by Gasteiger charge is -2.34. The molecule has 0 amide bonds. The number of carboxylic acid groups (broad SMARTS) is 1. The maximum atomic E-state index is 11.7. The Balaban J connectivity index is 1.92. The first kappa shape index (κ1) is 19.8. The number of rotatable bonds is 9. The molecular formula is C24H25NO3. The molecule has 0 aliphatic heterocycles. The van der Waals surface area contributed by atoms with Gasteiger partial charge in [-0.05, 0) is 23.1 Å². The highest BCUT2D eigenvalue weighted by molar-refractivity contribution is 5.73. The van der Waals surface area contributed by atoms with Crippen molar-refractivity contribution in [3.8, 4) is 0 Å². The summed E-state index contributed by atoms with van der Waals surface area (Å²) in [5.74, 6) is -1.20. The predicted octanol–water partition coefficient (Wildman–Crippen LogP) is 3.75. The van der Waals surface area contributed by atoms with E-state index in [2.05, 4.69) is 4.90 Å². The summed E-state index contributed by atoms with van der Waals surface area (Å²) in [6.07, 6.45) is -1.03. The van der Waals surface area contributed by atoms with Crippen LogP contribution in [0, 0.1) is 0 Å². The first-order chi connectivity index (χ1) is 13.6. The number of aliphatic hydroxyl groups excluding tert-OH is 1. The van der Waals surface area contributed by atoms with Crippen LogP contribution in [0.2, 0.25) is 0 Å². The maximum Gasteiger partial charge on any atom is 0.334 e. The van der Waals surface area contributed by atoms with E-state index in [1.165, 1.54) is 0 Å². The minimum Gasteiger partial charge on any atom is -0.479 e. The highest BCUT2D eigenvalue weighted by Gasteiger charge is 2.31. The van der Waals surface area contributed by atoms with Crippen LogP contribution < -0.4 is 0 Å². The lowest BCUT2D eigenvalue weighted by Crippen LogP contribution is -2.47. The highest BCUT2D eigenvalue weighted by Crippen LogP contribution is 2.19. The lowest BCUT2D eigenvalue weighted by molar-refractivity contribution is -0.151. The van der Waals surface area contributed by atoms with Crippen LogP contribution in [0.1, 0.15) is 16.7 Å². The first-order valence-electron chi connectivity index (χ1n) is 9.40. The van der Waals surface area contributed by atoms with Crippen molar-refractivity contribution in [3.63, 3.8) is 0 Å². The summed E-state index contributed by atoms with van der Waals surface area (Å²) in [5, 5.41) is 20.1. The van der Waals surface area contributed by atoms with E-state index in [1.807, 2.05) is 91.0 Å². The van der Waals surface area contributed by atoms with Crippen LogP contribution in [-0.2, 0) is 24.3 Å². The standard InChI is InChI=1S/C24H25NO3/c26-23(24(27)28)22(16-19-10-4-1-5-11-19)25(17-20-12-6-2-7-13-20)18-21-14-8-3-9-15-21/h1-15,22-23,26H,16-18H2,(H,27,28). The predicted molar refractivity (Wildman–Crippen MR) is 110 cm³/mol. The topological polar surface area (TPSA) is 60.8 Å². The van der Waals surface area contributed by atoms with Gasteiger partial charge in [-0.25, -0.2) is 4.79 Å². The summed E-state index contributed by atoms with van der Waals surface area (Å²) in [4.78, 5) is 13.7. The fourth-order valence-electron chi connectivity index (χ4n) is 3.39. The molecule has 4 heteroatoms. The average molecular weight is 375 g/mol. The molecule has 28 heavy (non-hydrogen) atoms. The molecule has 0 fully saturated rings. The molecule has 0 radical (unpaired) electrons. The minimum atomic E-state index is -1.48. The molecule has 4 nitrogen and oxygen atoms in total. The van der Waals surface area contributed by atoms with Crippen molar-refractivity contribution < 1.29 is 15.0 Å². The highest BCUT2D eigenvalue weighted by atomic mass is 16.4. The molecule has 3 aromatic rings. The van der Waals surface area contributed by atoms with Crippen molar-refractivity contribution >= 4 is 5.97 Å². The van der Waals surface area contributed by atoms with E-state index in [0.29, 0.717) is 19.5 Å². The Bertz CT molecular complexity index is 811. The second-order valence-electron chi connectivity index (χ2n) is 6.92. The van der Waals surface area contributed by atoms with Crippen molar-refractivity contribution in [2.24, 2.45) is 0 Å². The molecule has 0 saturated carbocycles. The van der Waals surface area contributed by atoms with Gasteiger partial charge in [0.25, 0.3) is 0 Å². The summed E-state index contributed by atoms with van der Waals surface area (Å²) < 4.78 is 0. The number of carbonyl (C=O) groups is 1. The van der Waals surface area contributed by atoms with Crippen LogP contribution in [0.25, 0.3) is 0 Å². The van der Waals surface area contributed by atoms with E-state index in [9.17, 15) is 15.0 Å². The van der Waals surface area contributed by atoms with Gasteiger partial charge in [0, 0.05) is 13.1 Å². The zero-order chi connectivity index (χ0) is 19.8. The average Bonchev–Trinajstić information content (AvgIpc) is 2.73. The van der Waals surface area contributed by atoms with E-state index in [0.717, 1.165) is 16.7 Å². The zero-order valence-electron chi connectivity index (χ0n) is 15.7. The van der Waals surface area contributed by atoms with E-state index in [1.54, 1.807) is 0 Å². The van der Waals surface area contributed by atoms with Gasteiger partial charge in [0.2, 0.25) is 0 Å². The summed E-state index contributed by atoms with van der Waals surface area (Å²) in [6, 6.07) is 29.0. The van der Waals surface area contributed by atoms with Crippen molar-refractivity contribution in [2.75, 3.05) is 0 Å². The summed E-state index contributed by atoms with van der Waals surface area (Å²) in [5.41, 5.74) is 3.15. The molecule has 0 aliphatic carbocycles. The monoisotopic (exact) mass is 375 g/mol. The van der Waals surface area contributed by atoms with Crippen LogP contribution >= 0.6 is 0 Å². The molecule has 0 heterocycles. The van der Waals surface area contributed by atoms with Gasteiger partial charge in [-0.2, -0.15) is 0 Å². The van der Waals surface area contributed by atoms with Crippen LogP contribution in [0.4, 0.5) is 0 Å². The fraction of sp³-hybridized carbons (Fsp3) is 0.208. The van der Waals surface area contributed by atoms with Crippen LogP contribution in [-0.4, -0.2) is 33.2 Å². The van der Waals surface area contributed by atoms with Crippen LogP contribution in [0.15, 0.2) is 91.0 Å². The van der Waals surface area contributed by atoms with E-state index in [-0.39, 0.29) is 0 Å². The number of aliphatic hydroxyl groups is 1. The zero-order valence-corrected chi connectivity index (χ0v) is 15.7. The summed E-state index contributed by atoms with van der Waals surface area (Å²) in [6.45, 7) is 1.11. The second-order valence-corrected chi connectivity index (χ2v) is 6.92. The molecule has 144 valence electrons. The number of carboxylic acids is 1. The normalized spacial score (nSPS) is 13.2. The van der Waals surface area contributed by atoms with Gasteiger partial charge in [0.05, 0.1) is 6.04 Å². The Morgan fingerprint density at radius 3 is 1.50 bits per heavy atom. The first-order valence-corrected chi connectivity index (χ1v) is 9.40. The van der Waals surface area contributed by atoms with Crippen molar-refractivity contribution in [1.29, 1.82) is 0 Å². The quantitative estimate of drug-likeness (QED) is 0.598. The van der Waals surface area contributed by atoms with Gasteiger partial charge in [-0.1, -0.05) is 91.0 Å². The third kappa shape index (κ3) is 5.52. The molecule has 3 rings (SSSR count). The van der Waals surface area contributed by atoms with E-state index >= 15 is 0 Å². The smallest absolute Gasteiger partial charge is 0.334 e. The number of hydrogen-bond donors (Lipinski definition) is 2. The Labute approximate surface area is 165 Å². The van der Waals surface area contributed by atoms with Crippen LogP contribution in [0.3, 0.4) is 0 Å². The summed E-state index contributed by atoms with van der Waals surface area (Å²) >= 11 is 0. The lowest BCUT2D eigenvalue weighted by atomic mass is 9.98. The van der Waals surface area contributed by atoms with Crippen LogP contribution in [0.5, 0.6) is 0 Å². The maximum absolute atomic E-state index is 11.7. The van der Waals surface area contributed by atoms with Gasteiger partial charge in [-0.3, -0.25) is 4.90 Å². The number of benzene rings is 3. The van der Waals surface area contributed by atoms with E-state index in [4.69, 9.17) is 0 Å². The minimum absolute atomic E-state index is 0.452. The van der Waals surface area contributed by atoms with Gasteiger partial charge < -0.3 is 10.2 Å². The third-order valence-electron chi connectivity index (χ3n) is 4.83. The van der Waals surface area contributed by atoms with Crippen molar-refractivity contribution in [2.45, 2.75) is 31.7 Å². The largest absolute Gasteiger partial charge is 0.479 e. The summed E-state index contributed by atoms with van der Waals surface area (Å²) in [7, 11) is 0. The molecule has 2 unspecified atom stereocenters. The molecule has 0 saturated heterocycles. The Morgan fingerprint density at radius 1 is 0.714 bits per heavy atom. The number of aliphatic carboxylic acids is 1. The SMILES string of the molecule is O=C(O)C(O)C(Cc1ccccc1)N(Cc1ccccc1)Cc1ccccc1. The van der Waals surface area contributed by atoms with Crippen molar-refractivity contribution in [3.05, 3.63) is 108 Å². The number of nitrogens with zero attached hydrogens (tertiary/aromatic N) is 1. The molecule has 0 bridgehead atoms. The second kappa shape index (κ2) is 9.83. The van der Waals surface area contributed by atoms with Gasteiger partial charge in [0.1, 0.15) is 0 Å². The fourth-order valence-corrected chi connectivity index (χ4v) is 3.39. The van der Waals surface area contributed by atoms with E-state index < -0.39 is 18.1 Å². The van der Waals surface area contributed by atoms with Gasteiger partial charge >= 0.3 is 5.97 Å². The van der Waals surface area contributed by atoms with Gasteiger partial charge in [-0.15, -0.1) is 0 Å².